The van der Waals surface area contributed by atoms with Crippen LogP contribution in [0.2, 0.25) is 0 Å². The van der Waals surface area contributed by atoms with E-state index in [0.29, 0.717) is 28.8 Å². The lowest BCUT2D eigenvalue weighted by atomic mass is 9.68. The minimum absolute atomic E-state index is 0.0567. The summed E-state index contributed by atoms with van der Waals surface area (Å²) in [5, 5.41) is 3.36. The Kier molecular flexibility index (Phi) is 5.95. The Labute approximate surface area is 206 Å². The van der Waals surface area contributed by atoms with Gasteiger partial charge in [-0.2, -0.15) is 4.31 Å². The molecule has 1 N–H and O–H groups in total. The topological polar surface area (TPSA) is 66.5 Å². The van der Waals surface area contributed by atoms with E-state index in [1.165, 1.54) is 12.8 Å². The monoisotopic (exact) mass is 486 g/mol. The molecule has 1 saturated heterocycles. The summed E-state index contributed by atoms with van der Waals surface area (Å²) in [6, 6.07) is 3.74. The van der Waals surface area contributed by atoms with Crippen molar-refractivity contribution in [2.75, 3.05) is 6.54 Å². The normalized spacial score (nSPS) is 35.2. The lowest BCUT2D eigenvalue weighted by Crippen LogP contribution is -2.52. The van der Waals surface area contributed by atoms with Crippen molar-refractivity contribution < 1.29 is 13.2 Å². The predicted octanol–water partition coefficient (Wildman–Crippen LogP) is 5.59. The largest absolute Gasteiger partial charge is 0.348 e. The third-order valence-electron chi connectivity index (χ3n) is 10.2. The van der Waals surface area contributed by atoms with Crippen LogP contribution in [0.5, 0.6) is 0 Å². The molecule has 3 saturated carbocycles. The molecule has 1 heterocycles. The van der Waals surface area contributed by atoms with Crippen molar-refractivity contribution in [3.05, 3.63) is 28.8 Å². The van der Waals surface area contributed by atoms with Gasteiger partial charge in [0.05, 0.1) is 4.90 Å². The molecule has 6 heteroatoms. The molecule has 0 radical (unpaired) electrons. The van der Waals surface area contributed by atoms with E-state index in [0.717, 1.165) is 56.1 Å². The number of hydrogen-bond acceptors (Lipinski definition) is 3. The summed E-state index contributed by atoms with van der Waals surface area (Å²) in [6.45, 7) is 11.3. The third-order valence-corrected chi connectivity index (χ3v) is 12.3. The average molecular weight is 487 g/mol. The fourth-order valence-electron chi connectivity index (χ4n) is 8.11. The van der Waals surface area contributed by atoms with E-state index < -0.39 is 10.0 Å². The molecule has 5 rings (SSSR count). The number of sulfonamides is 1. The van der Waals surface area contributed by atoms with Gasteiger partial charge in [-0.3, -0.25) is 4.79 Å². The summed E-state index contributed by atoms with van der Waals surface area (Å²) >= 11 is 0. The zero-order chi connectivity index (χ0) is 24.5. The zero-order valence-electron chi connectivity index (χ0n) is 21.6. The highest BCUT2D eigenvalue weighted by Gasteiger charge is 2.59. The molecular weight excluding hydrogens is 444 g/mol. The first-order chi connectivity index (χ1) is 15.9. The Hall–Kier alpha value is -1.40. The maximum absolute atomic E-state index is 14.0. The SMILES string of the molecule is Cc1cc(C(=O)NC2C(C)(C)[C@@H]3CC[C@@]2(C)C3)cc(S(=O)(=O)N2CCCC3CCCCC32)c1C. The summed E-state index contributed by atoms with van der Waals surface area (Å²) in [4.78, 5) is 13.9. The number of carbonyl (C=O) groups is 1. The van der Waals surface area contributed by atoms with Gasteiger partial charge in [-0.15, -0.1) is 0 Å². The molecule has 1 amide bonds. The lowest BCUT2D eigenvalue weighted by molar-refractivity contribution is 0.0737. The number of amides is 1. The van der Waals surface area contributed by atoms with Crippen molar-refractivity contribution in [3.63, 3.8) is 0 Å². The fraction of sp³-hybridized carbons (Fsp3) is 0.750. The van der Waals surface area contributed by atoms with Gasteiger partial charge in [-0.05, 0) is 105 Å². The molecule has 1 aromatic carbocycles. The van der Waals surface area contributed by atoms with E-state index in [9.17, 15) is 13.2 Å². The van der Waals surface area contributed by atoms with Crippen LogP contribution >= 0.6 is 0 Å². The highest BCUT2D eigenvalue weighted by molar-refractivity contribution is 7.89. The number of benzene rings is 1. The highest BCUT2D eigenvalue weighted by atomic mass is 32.2. The van der Waals surface area contributed by atoms with Crippen LogP contribution in [0.4, 0.5) is 0 Å². The first kappa shape index (κ1) is 24.3. The molecule has 3 aliphatic carbocycles. The van der Waals surface area contributed by atoms with Crippen molar-refractivity contribution in [1.29, 1.82) is 0 Å². The first-order valence-corrected chi connectivity index (χ1v) is 14.8. The molecule has 0 aromatic heterocycles. The number of rotatable bonds is 4. The molecule has 0 spiro atoms. The van der Waals surface area contributed by atoms with Crippen molar-refractivity contribution in [3.8, 4) is 0 Å². The van der Waals surface area contributed by atoms with Gasteiger partial charge in [0.1, 0.15) is 0 Å². The Morgan fingerprint density at radius 2 is 1.74 bits per heavy atom. The Bertz CT molecular complexity index is 1090. The number of hydrogen-bond donors (Lipinski definition) is 1. The van der Waals surface area contributed by atoms with Gasteiger partial charge >= 0.3 is 0 Å². The van der Waals surface area contributed by atoms with Gasteiger partial charge in [-0.25, -0.2) is 8.42 Å². The quantitative estimate of drug-likeness (QED) is 0.603. The number of piperidine rings is 1. The minimum atomic E-state index is -3.66. The Morgan fingerprint density at radius 3 is 2.44 bits per heavy atom. The third kappa shape index (κ3) is 3.75. The van der Waals surface area contributed by atoms with Gasteiger partial charge in [0, 0.05) is 24.2 Å². The van der Waals surface area contributed by atoms with Crippen LogP contribution in [-0.2, 0) is 10.0 Å². The van der Waals surface area contributed by atoms with Crippen molar-refractivity contribution in [1.82, 2.24) is 9.62 Å². The molecule has 5 nitrogen and oxygen atoms in total. The maximum Gasteiger partial charge on any atom is 0.251 e. The van der Waals surface area contributed by atoms with Crippen LogP contribution in [0.25, 0.3) is 0 Å². The van der Waals surface area contributed by atoms with Gasteiger partial charge < -0.3 is 5.32 Å². The minimum Gasteiger partial charge on any atom is -0.348 e. The van der Waals surface area contributed by atoms with Gasteiger partial charge in [0.15, 0.2) is 0 Å². The number of aryl methyl sites for hydroxylation is 1. The molecule has 3 unspecified atom stereocenters. The van der Waals surface area contributed by atoms with Gasteiger partial charge in [0.2, 0.25) is 10.0 Å². The smallest absolute Gasteiger partial charge is 0.251 e. The van der Waals surface area contributed by atoms with Crippen molar-refractivity contribution in [2.24, 2.45) is 22.7 Å². The van der Waals surface area contributed by atoms with E-state index in [1.807, 2.05) is 19.9 Å². The maximum atomic E-state index is 14.0. The lowest BCUT2D eigenvalue weighted by Gasteiger charge is -2.43. The second kappa shape index (κ2) is 8.33. The van der Waals surface area contributed by atoms with Crippen LogP contribution in [0.3, 0.4) is 0 Å². The van der Waals surface area contributed by atoms with E-state index >= 15 is 0 Å². The molecule has 4 fully saturated rings. The summed E-state index contributed by atoms with van der Waals surface area (Å²) < 4.78 is 29.8. The molecule has 2 bridgehead atoms. The summed E-state index contributed by atoms with van der Waals surface area (Å²) in [5.41, 5.74) is 2.29. The molecule has 1 aliphatic heterocycles. The summed E-state index contributed by atoms with van der Waals surface area (Å²) in [7, 11) is -3.66. The highest BCUT2D eigenvalue weighted by Crippen LogP contribution is 2.62. The summed E-state index contributed by atoms with van der Waals surface area (Å²) in [5.74, 6) is 0.979. The van der Waals surface area contributed by atoms with Crippen molar-refractivity contribution in [2.45, 2.75) is 109 Å². The number of carbonyl (C=O) groups excluding carboxylic acids is 1. The fourth-order valence-corrected chi connectivity index (χ4v) is 10.2. The predicted molar refractivity (Wildman–Crippen MR) is 135 cm³/mol. The molecule has 188 valence electrons. The van der Waals surface area contributed by atoms with Gasteiger partial charge in [0.25, 0.3) is 5.91 Å². The van der Waals surface area contributed by atoms with E-state index in [4.69, 9.17) is 0 Å². The first-order valence-electron chi connectivity index (χ1n) is 13.4. The second-order valence-corrected chi connectivity index (χ2v) is 14.5. The standard InChI is InChI=1S/C28H42N2O3S/c1-18-15-21(25(31)29-26-27(3,4)22-12-13-28(26,5)17-22)16-24(19(18)2)34(32,33)30-14-8-10-20-9-6-7-11-23(20)30/h15-16,20,22-23,26H,6-14,17H2,1-5H3,(H,29,31)/t20?,22-,23?,26?,28+/m1/s1. The van der Waals surface area contributed by atoms with Gasteiger partial charge in [-0.1, -0.05) is 33.6 Å². The average Bonchev–Trinajstić information content (AvgIpc) is 3.28. The van der Waals surface area contributed by atoms with E-state index in [-0.39, 0.29) is 28.8 Å². The molecule has 5 atom stereocenters. The number of fused-ring (bicyclic) bond motifs is 3. The molecular formula is C28H42N2O3S. The van der Waals surface area contributed by atoms with Crippen LogP contribution in [-0.4, -0.2) is 37.3 Å². The molecule has 4 aliphatic rings. The Balaban J connectivity index is 1.46. The molecule has 1 aromatic rings. The van der Waals surface area contributed by atoms with E-state index in [1.54, 1.807) is 10.4 Å². The van der Waals surface area contributed by atoms with Crippen LogP contribution in [0, 0.1) is 36.5 Å². The zero-order valence-corrected chi connectivity index (χ0v) is 22.4. The summed E-state index contributed by atoms with van der Waals surface area (Å²) in [6.07, 6.45) is 10.0. The number of nitrogens with zero attached hydrogens (tertiary/aromatic N) is 1. The van der Waals surface area contributed by atoms with Crippen LogP contribution < -0.4 is 5.32 Å². The van der Waals surface area contributed by atoms with Crippen molar-refractivity contribution >= 4 is 15.9 Å². The molecule has 34 heavy (non-hydrogen) atoms. The second-order valence-electron chi connectivity index (χ2n) is 12.6. The Morgan fingerprint density at radius 1 is 1.03 bits per heavy atom. The number of nitrogens with one attached hydrogen (secondary N) is 1. The van der Waals surface area contributed by atoms with E-state index in [2.05, 4.69) is 26.1 Å². The van der Waals surface area contributed by atoms with Crippen LogP contribution in [0.15, 0.2) is 17.0 Å². The van der Waals surface area contributed by atoms with Crippen LogP contribution in [0.1, 0.15) is 100 Å².